The van der Waals surface area contributed by atoms with Crippen LogP contribution in [0.2, 0.25) is 0 Å². The van der Waals surface area contributed by atoms with Gasteiger partial charge >= 0.3 is 0 Å². The van der Waals surface area contributed by atoms with E-state index in [0.29, 0.717) is 11.5 Å². The zero-order valence-corrected chi connectivity index (χ0v) is 11.5. The van der Waals surface area contributed by atoms with Gasteiger partial charge in [-0.2, -0.15) is 0 Å². The molecule has 2 N–H and O–H groups in total. The highest BCUT2D eigenvalue weighted by Gasteiger charge is 2.19. The van der Waals surface area contributed by atoms with Crippen molar-refractivity contribution in [2.45, 2.75) is 19.8 Å². The van der Waals surface area contributed by atoms with Crippen LogP contribution in [0.4, 0.5) is 0 Å². The normalized spacial score (nSPS) is 11.8. The molecule has 1 rings (SSSR count). The van der Waals surface area contributed by atoms with Crippen molar-refractivity contribution < 1.29 is 14.3 Å². The molecule has 1 aromatic rings. The maximum absolute atomic E-state index is 11.8. The first-order valence-electron chi connectivity index (χ1n) is 5.74. The molecule has 18 heavy (non-hydrogen) atoms. The van der Waals surface area contributed by atoms with E-state index in [-0.39, 0.29) is 11.8 Å². The van der Waals surface area contributed by atoms with Gasteiger partial charge in [-0.15, -0.1) is 0 Å². The van der Waals surface area contributed by atoms with Gasteiger partial charge in [0.15, 0.2) is 11.5 Å². The van der Waals surface area contributed by atoms with Crippen LogP contribution in [0.25, 0.3) is 0 Å². The molecular weight excluding hydrogens is 232 g/mol. The zero-order chi connectivity index (χ0) is 13.7. The van der Waals surface area contributed by atoms with Crippen LogP contribution in [0.3, 0.4) is 0 Å². The number of rotatable bonds is 5. The van der Waals surface area contributed by atoms with E-state index in [1.807, 2.05) is 26.0 Å². The molecule has 0 heterocycles. The number of methoxy groups -OCH3 is 2. The Balaban J connectivity index is 3.12. The summed E-state index contributed by atoms with van der Waals surface area (Å²) in [5, 5.41) is 0. The minimum atomic E-state index is -0.266. The highest BCUT2D eigenvalue weighted by atomic mass is 16.5. The van der Waals surface area contributed by atoms with Gasteiger partial charge in [0.2, 0.25) is 5.91 Å². The Morgan fingerprint density at radius 2 is 1.78 bits per heavy atom. The number of benzene rings is 1. The lowest BCUT2D eigenvalue weighted by Crippen LogP contribution is -2.37. The van der Waals surface area contributed by atoms with Crippen LogP contribution < -0.4 is 20.3 Å². The second-order valence-electron chi connectivity index (χ2n) is 4.02. The predicted molar refractivity (Wildman–Crippen MR) is 69.9 cm³/mol. The van der Waals surface area contributed by atoms with Crippen LogP contribution >= 0.6 is 0 Å². The lowest BCUT2D eigenvalue weighted by atomic mass is 9.95. The molecule has 5 heteroatoms. The van der Waals surface area contributed by atoms with Crippen molar-refractivity contribution in [1.82, 2.24) is 10.9 Å². The molecule has 0 fully saturated rings. The Labute approximate surface area is 107 Å². The van der Waals surface area contributed by atoms with Gasteiger partial charge in [-0.3, -0.25) is 10.2 Å². The second kappa shape index (κ2) is 6.26. The first-order valence-corrected chi connectivity index (χ1v) is 5.74. The molecule has 0 spiro atoms. The Kier molecular flexibility index (Phi) is 4.97. The van der Waals surface area contributed by atoms with E-state index in [2.05, 4.69) is 10.9 Å². The number of nitrogens with one attached hydrogen (secondary N) is 2. The highest BCUT2D eigenvalue weighted by Crippen LogP contribution is 2.33. The van der Waals surface area contributed by atoms with Gasteiger partial charge in [-0.1, -0.05) is 0 Å². The van der Waals surface area contributed by atoms with Crippen LogP contribution in [-0.4, -0.2) is 27.2 Å². The molecule has 1 atom stereocenters. The Morgan fingerprint density at radius 1 is 1.22 bits per heavy atom. The third-order valence-corrected chi connectivity index (χ3v) is 2.88. The number of hydrogen-bond acceptors (Lipinski definition) is 4. The predicted octanol–water partition coefficient (Wildman–Crippen LogP) is 1.37. The summed E-state index contributed by atoms with van der Waals surface area (Å²) in [6, 6.07) is 3.71. The number of aryl methyl sites for hydroxylation is 1. The molecule has 0 saturated carbocycles. The van der Waals surface area contributed by atoms with E-state index in [4.69, 9.17) is 9.47 Å². The van der Waals surface area contributed by atoms with E-state index in [1.54, 1.807) is 21.3 Å². The maximum atomic E-state index is 11.8. The minimum absolute atomic E-state index is 0.0900. The Bertz CT molecular complexity index is 432. The fraction of sp³-hybridized carbons (Fsp3) is 0.462. The van der Waals surface area contributed by atoms with Crippen molar-refractivity contribution >= 4 is 5.91 Å². The second-order valence-corrected chi connectivity index (χ2v) is 4.02. The van der Waals surface area contributed by atoms with Gasteiger partial charge in [0, 0.05) is 7.05 Å². The molecule has 0 aliphatic rings. The summed E-state index contributed by atoms with van der Waals surface area (Å²) in [7, 11) is 4.83. The minimum Gasteiger partial charge on any atom is -0.493 e. The van der Waals surface area contributed by atoms with Crippen molar-refractivity contribution in [3.8, 4) is 11.5 Å². The number of carbonyl (C=O) groups excluding carboxylic acids is 1. The molecule has 0 bridgehead atoms. The number of ether oxygens (including phenoxy) is 2. The lowest BCUT2D eigenvalue weighted by Gasteiger charge is -2.17. The van der Waals surface area contributed by atoms with E-state index in [9.17, 15) is 4.79 Å². The summed E-state index contributed by atoms with van der Waals surface area (Å²) < 4.78 is 10.5. The number of hydrogen-bond donors (Lipinski definition) is 2. The largest absolute Gasteiger partial charge is 0.493 e. The average molecular weight is 252 g/mol. The van der Waals surface area contributed by atoms with Crippen LogP contribution in [0.1, 0.15) is 24.0 Å². The van der Waals surface area contributed by atoms with Crippen LogP contribution in [0.5, 0.6) is 11.5 Å². The molecular formula is C13H20N2O3. The summed E-state index contributed by atoms with van der Waals surface area (Å²) in [6.07, 6.45) is 0. The molecule has 1 unspecified atom stereocenters. The summed E-state index contributed by atoms with van der Waals surface area (Å²) >= 11 is 0. The van der Waals surface area contributed by atoms with Gasteiger partial charge in [0.05, 0.1) is 20.1 Å². The number of amides is 1. The molecule has 0 aromatic heterocycles. The van der Waals surface area contributed by atoms with Crippen LogP contribution in [0.15, 0.2) is 12.1 Å². The first kappa shape index (κ1) is 14.3. The quantitative estimate of drug-likeness (QED) is 0.777. The van der Waals surface area contributed by atoms with Crippen molar-refractivity contribution in [3.05, 3.63) is 23.3 Å². The average Bonchev–Trinajstić information content (AvgIpc) is 2.37. The summed E-state index contributed by atoms with van der Waals surface area (Å²) in [5.74, 6) is 0.937. The Morgan fingerprint density at radius 3 is 2.28 bits per heavy atom. The monoisotopic (exact) mass is 252 g/mol. The maximum Gasteiger partial charge on any atom is 0.241 e. The van der Waals surface area contributed by atoms with E-state index in [1.165, 1.54) is 0 Å². The van der Waals surface area contributed by atoms with Gasteiger partial charge < -0.3 is 9.47 Å². The van der Waals surface area contributed by atoms with Crippen LogP contribution in [0, 0.1) is 6.92 Å². The molecule has 0 aliphatic heterocycles. The topological polar surface area (TPSA) is 59.6 Å². The van der Waals surface area contributed by atoms with E-state index >= 15 is 0 Å². The number of hydrazine groups is 1. The smallest absolute Gasteiger partial charge is 0.241 e. The lowest BCUT2D eigenvalue weighted by molar-refractivity contribution is -0.123. The van der Waals surface area contributed by atoms with Gasteiger partial charge in [-0.25, -0.2) is 5.43 Å². The SMILES string of the molecule is CNNC(=O)C(C)c1cc(OC)c(OC)cc1C. The van der Waals surface area contributed by atoms with Crippen molar-refractivity contribution in [2.24, 2.45) is 0 Å². The van der Waals surface area contributed by atoms with E-state index < -0.39 is 0 Å². The van der Waals surface area contributed by atoms with Gasteiger partial charge in [0.25, 0.3) is 0 Å². The van der Waals surface area contributed by atoms with Gasteiger partial charge in [-0.05, 0) is 37.1 Å². The molecule has 0 radical (unpaired) electrons. The Hall–Kier alpha value is -1.75. The third-order valence-electron chi connectivity index (χ3n) is 2.88. The first-order chi connectivity index (χ1) is 8.54. The van der Waals surface area contributed by atoms with E-state index in [0.717, 1.165) is 11.1 Å². The van der Waals surface area contributed by atoms with Crippen molar-refractivity contribution in [2.75, 3.05) is 21.3 Å². The summed E-state index contributed by atoms with van der Waals surface area (Å²) in [5.41, 5.74) is 7.12. The molecule has 0 aliphatic carbocycles. The van der Waals surface area contributed by atoms with Crippen molar-refractivity contribution in [1.29, 1.82) is 0 Å². The number of carbonyl (C=O) groups is 1. The van der Waals surface area contributed by atoms with Crippen molar-refractivity contribution in [3.63, 3.8) is 0 Å². The summed E-state index contributed by atoms with van der Waals surface area (Å²) in [4.78, 5) is 11.8. The fourth-order valence-corrected chi connectivity index (χ4v) is 1.84. The molecule has 100 valence electrons. The fourth-order valence-electron chi connectivity index (χ4n) is 1.84. The standard InChI is InChI=1S/C13H20N2O3/c1-8-6-11(17-4)12(18-5)7-10(8)9(2)13(16)15-14-3/h6-7,9,14H,1-5H3,(H,15,16). The zero-order valence-electron chi connectivity index (χ0n) is 11.5. The highest BCUT2D eigenvalue weighted by molar-refractivity contribution is 5.83. The molecule has 0 saturated heterocycles. The summed E-state index contributed by atoms with van der Waals surface area (Å²) in [6.45, 7) is 3.79. The third kappa shape index (κ3) is 2.92. The molecule has 1 amide bonds. The molecule has 1 aromatic carbocycles. The molecule has 5 nitrogen and oxygen atoms in total. The van der Waals surface area contributed by atoms with Gasteiger partial charge in [0.1, 0.15) is 0 Å². The van der Waals surface area contributed by atoms with Crippen LogP contribution in [-0.2, 0) is 4.79 Å².